The molecule has 1 saturated heterocycles. The number of rotatable bonds is 3. The van der Waals surface area contributed by atoms with Gasteiger partial charge in [0, 0.05) is 23.4 Å². The number of hydrogen-bond donors (Lipinski definition) is 2. The molecular formula is C10H20N2S. The summed E-state index contributed by atoms with van der Waals surface area (Å²) in [4.78, 5) is 0. The lowest BCUT2D eigenvalue weighted by Gasteiger charge is -2.42. The Kier molecular flexibility index (Phi) is 2.86. The summed E-state index contributed by atoms with van der Waals surface area (Å²) in [6.07, 6.45) is 5.32. The zero-order valence-corrected chi connectivity index (χ0v) is 9.20. The van der Waals surface area contributed by atoms with Crippen LogP contribution in [0.5, 0.6) is 0 Å². The lowest BCUT2D eigenvalue weighted by atomic mass is 9.89. The highest BCUT2D eigenvalue weighted by Gasteiger charge is 2.41. The molecule has 2 fully saturated rings. The summed E-state index contributed by atoms with van der Waals surface area (Å²) in [5.74, 6) is 1.31. The zero-order chi connectivity index (χ0) is 9.31. The van der Waals surface area contributed by atoms with Crippen LogP contribution in [0.2, 0.25) is 0 Å². The summed E-state index contributed by atoms with van der Waals surface area (Å²) >= 11 is 2.08. The molecule has 76 valence electrons. The molecule has 3 heteroatoms. The molecule has 2 unspecified atom stereocenters. The van der Waals surface area contributed by atoms with E-state index in [9.17, 15) is 0 Å². The van der Waals surface area contributed by atoms with E-state index in [0.29, 0.717) is 5.25 Å². The van der Waals surface area contributed by atoms with E-state index in [1.54, 1.807) is 0 Å². The second-order valence-electron chi connectivity index (χ2n) is 4.40. The first-order valence-electron chi connectivity index (χ1n) is 5.36. The van der Waals surface area contributed by atoms with E-state index < -0.39 is 0 Å². The molecule has 1 aliphatic heterocycles. The Bertz CT molecular complexity index is 182. The van der Waals surface area contributed by atoms with Crippen molar-refractivity contribution in [3.05, 3.63) is 0 Å². The topological polar surface area (TPSA) is 38.0 Å². The van der Waals surface area contributed by atoms with Crippen LogP contribution in [0.4, 0.5) is 0 Å². The minimum Gasteiger partial charge on any atom is -0.329 e. The average molecular weight is 200 g/mol. The van der Waals surface area contributed by atoms with E-state index in [1.165, 1.54) is 31.4 Å². The van der Waals surface area contributed by atoms with Gasteiger partial charge < -0.3 is 11.1 Å². The molecule has 0 bridgehead atoms. The molecule has 0 spiro atoms. The first kappa shape index (κ1) is 9.81. The number of thioether (sulfide) groups is 1. The summed E-state index contributed by atoms with van der Waals surface area (Å²) in [6.45, 7) is 3.13. The fourth-order valence-corrected chi connectivity index (χ4v) is 3.43. The van der Waals surface area contributed by atoms with E-state index in [2.05, 4.69) is 24.0 Å². The molecule has 2 nitrogen and oxygen atoms in total. The first-order valence-corrected chi connectivity index (χ1v) is 6.41. The maximum Gasteiger partial charge on any atom is 0.0423 e. The minimum absolute atomic E-state index is 0.254. The van der Waals surface area contributed by atoms with Crippen molar-refractivity contribution in [2.45, 2.75) is 49.4 Å². The van der Waals surface area contributed by atoms with Crippen LogP contribution in [-0.4, -0.2) is 29.1 Å². The van der Waals surface area contributed by atoms with Gasteiger partial charge in [0.15, 0.2) is 0 Å². The van der Waals surface area contributed by atoms with Gasteiger partial charge in [0.25, 0.3) is 0 Å². The first-order chi connectivity index (χ1) is 6.27. The predicted octanol–water partition coefficient (Wildman–Crippen LogP) is 1.35. The standard InChI is InChI=1S/C10H20N2S/c1-8-10(7-11,5-2-6-13-8)12-9-3-4-9/h8-9,12H,2-7,11H2,1H3. The second-order valence-corrected chi connectivity index (χ2v) is 5.84. The number of nitrogens with two attached hydrogens (primary N) is 1. The lowest BCUT2D eigenvalue weighted by Crippen LogP contribution is -2.59. The van der Waals surface area contributed by atoms with Gasteiger partial charge in [-0.1, -0.05) is 6.92 Å². The van der Waals surface area contributed by atoms with Crippen molar-refractivity contribution in [3.8, 4) is 0 Å². The third kappa shape index (κ3) is 2.03. The monoisotopic (exact) mass is 200 g/mol. The quantitative estimate of drug-likeness (QED) is 0.722. The Morgan fingerprint density at radius 3 is 2.85 bits per heavy atom. The largest absolute Gasteiger partial charge is 0.329 e. The van der Waals surface area contributed by atoms with Gasteiger partial charge in [-0.2, -0.15) is 11.8 Å². The van der Waals surface area contributed by atoms with Crippen LogP contribution in [0.1, 0.15) is 32.6 Å². The fourth-order valence-electron chi connectivity index (χ4n) is 2.16. The molecule has 0 aromatic heterocycles. The molecule has 2 aliphatic rings. The summed E-state index contributed by atoms with van der Waals surface area (Å²) in [5.41, 5.74) is 6.18. The molecular weight excluding hydrogens is 180 g/mol. The molecule has 0 amide bonds. The highest BCUT2D eigenvalue weighted by atomic mass is 32.2. The van der Waals surface area contributed by atoms with Crippen LogP contribution < -0.4 is 11.1 Å². The van der Waals surface area contributed by atoms with Crippen LogP contribution in [-0.2, 0) is 0 Å². The molecule has 2 atom stereocenters. The predicted molar refractivity (Wildman–Crippen MR) is 59.1 cm³/mol. The molecule has 1 aliphatic carbocycles. The number of hydrogen-bond acceptors (Lipinski definition) is 3. The third-order valence-corrected chi connectivity index (χ3v) is 4.82. The van der Waals surface area contributed by atoms with E-state index in [0.717, 1.165) is 12.6 Å². The molecule has 0 aromatic carbocycles. The summed E-state index contributed by atoms with van der Waals surface area (Å²) in [6, 6.07) is 0.782. The maximum absolute atomic E-state index is 5.93. The van der Waals surface area contributed by atoms with Gasteiger partial charge in [-0.15, -0.1) is 0 Å². The Morgan fingerprint density at radius 2 is 2.31 bits per heavy atom. The van der Waals surface area contributed by atoms with Gasteiger partial charge in [-0.05, 0) is 31.4 Å². The Morgan fingerprint density at radius 1 is 1.54 bits per heavy atom. The molecule has 2 rings (SSSR count). The van der Waals surface area contributed by atoms with E-state index in [1.807, 2.05) is 0 Å². The van der Waals surface area contributed by atoms with E-state index in [-0.39, 0.29) is 5.54 Å². The van der Waals surface area contributed by atoms with Gasteiger partial charge in [-0.25, -0.2) is 0 Å². The molecule has 0 aromatic rings. The van der Waals surface area contributed by atoms with Gasteiger partial charge in [0.1, 0.15) is 0 Å². The number of nitrogens with one attached hydrogen (secondary N) is 1. The van der Waals surface area contributed by atoms with Crippen LogP contribution in [0.15, 0.2) is 0 Å². The Hall–Kier alpha value is 0.270. The maximum atomic E-state index is 5.93. The van der Waals surface area contributed by atoms with E-state index >= 15 is 0 Å². The molecule has 13 heavy (non-hydrogen) atoms. The Labute approximate surface area is 85.0 Å². The average Bonchev–Trinajstić information content (AvgIpc) is 2.93. The van der Waals surface area contributed by atoms with Crippen LogP contribution >= 0.6 is 11.8 Å². The van der Waals surface area contributed by atoms with Crippen LogP contribution in [0.25, 0.3) is 0 Å². The second kappa shape index (κ2) is 3.79. The van der Waals surface area contributed by atoms with Crippen molar-refractivity contribution >= 4 is 11.8 Å². The van der Waals surface area contributed by atoms with Gasteiger partial charge in [0.2, 0.25) is 0 Å². The third-order valence-electron chi connectivity index (χ3n) is 3.35. The highest BCUT2D eigenvalue weighted by molar-refractivity contribution is 8.00. The van der Waals surface area contributed by atoms with Crippen molar-refractivity contribution in [2.75, 3.05) is 12.3 Å². The fraction of sp³-hybridized carbons (Fsp3) is 1.00. The lowest BCUT2D eigenvalue weighted by molar-refractivity contribution is 0.294. The summed E-state index contributed by atoms with van der Waals surface area (Å²) in [5, 5.41) is 4.45. The van der Waals surface area contributed by atoms with Crippen LogP contribution in [0, 0.1) is 0 Å². The molecule has 3 N–H and O–H groups in total. The van der Waals surface area contributed by atoms with Crippen molar-refractivity contribution < 1.29 is 0 Å². The van der Waals surface area contributed by atoms with Gasteiger partial charge in [-0.3, -0.25) is 0 Å². The zero-order valence-electron chi connectivity index (χ0n) is 8.38. The van der Waals surface area contributed by atoms with Gasteiger partial charge >= 0.3 is 0 Å². The van der Waals surface area contributed by atoms with Gasteiger partial charge in [0.05, 0.1) is 0 Å². The molecule has 1 heterocycles. The SMILES string of the molecule is CC1SCCCC1(CN)NC1CC1. The van der Waals surface area contributed by atoms with Crippen molar-refractivity contribution in [1.29, 1.82) is 0 Å². The highest BCUT2D eigenvalue weighted by Crippen LogP contribution is 2.36. The minimum atomic E-state index is 0.254. The summed E-state index contributed by atoms with van der Waals surface area (Å²) < 4.78 is 0. The smallest absolute Gasteiger partial charge is 0.0423 e. The molecule has 1 saturated carbocycles. The molecule has 0 radical (unpaired) electrons. The normalized spacial score (nSPS) is 40.6. The van der Waals surface area contributed by atoms with Crippen molar-refractivity contribution in [1.82, 2.24) is 5.32 Å². The van der Waals surface area contributed by atoms with Crippen molar-refractivity contribution in [3.63, 3.8) is 0 Å². The van der Waals surface area contributed by atoms with E-state index in [4.69, 9.17) is 5.73 Å². The van der Waals surface area contributed by atoms with Crippen LogP contribution in [0.3, 0.4) is 0 Å². The summed E-state index contributed by atoms with van der Waals surface area (Å²) in [7, 11) is 0. The van der Waals surface area contributed by atoms with Crippen molar-refractivity contribution in [2.24, 2.45) is 5.73 Å². The Balaban J connectivity index is 2.00.